The standard InChI is InChI=1S/C19H27N3O2/c1-14-3-2-4-15(11-14)22-8-6-21(7-9-22)13-19(23)20-17-12-18-16(17)5-10-24-18/h2-4,11,16-18H,5-10,12-13H2,1H3,(H,20,23)/t16-,17+,18+/m1/s1. The predicted octanol–water partition coefficient (Wildman–Crippen LogP) is 1.41. The van der Waals surface area contributed by atoms with E-state index in [1.165, 1.54) is 11.3 Å². The maximum Gasteiger partial charge on any atom is 0.234 e. The molecule has 0 unspecified atom stereocenters. The van der Waals surface area contributed by atoms with Crippen molar-refractivity contribution in [2.24, 2.45) is 5.92 Å². The third-order valence-corrected chi connectivity index (χ3v) is 5.72. The molecule has 24 heavy (non-hydrogen) atoms. The first-order valence-electron chi connectivity index (χ1n) is 9.14. The number of carbonyl (C=O) groups is 1. The zero-order chi connectivity index (χ0) is 16.5. The molecule has 2 saturated heterocycles. The molecule has 1 saturated carbocycles. The molecule has 2 aliphatic heterocycles. The topological polar surface area (TPSA) is 44.8 Å². The number of anilines is 1. The van der Waals surface area contributed by atoms with Crippen molar-refractivity contribution in [2.75, 3.05) is 44.2 Å². The second-order valence-corrected chi connectivity index (χ2v) is 7.37. The van der Waals surface area contributed by atoms with E-state index in [0.717, 1.165) is 45.6 Å². The van der Waals surface area contributed by atoms with Crippen LogP contribution in [0.15, 0.2) is 24.3 Å². The Hall–Kier alpha value is -1.59. The first-order valence-corrected chi connectivity index (χ1v) is 9.14. The molecule has 1 N–H and O–H groups in total. The Morgan fingerprint density at radius 1 is 1.29 bits per heavy atom. The molecule has 1 amide bonds. The molecular formula is C19H27N3O2. The van der Waals surface area contributed by atoms with Gasteiger partial charge in [0, 0.05) is 50.4 Å². The Bertz CT molecular complexity index is 598. The van der Waals surface area contributed by atoms with Crippen LogP contribution in [0, 0.1) is 12.8 Å². The van der Waals surface area contributed by atoms with E-state index in [1.807, 2.05) is 0 Å². The van der Waals surface area contributed by atoms with Gasteiger partial charge in [-0.25, -0.2) is 0 Å². The van der Waals surface area contributed by atoms with E-state index in [0.29, 0.717) is 24.6 Å². The van der Waals surface area contributed by atoms with Gasteiger partial charge in [-0.3, -0.25) is 9.69 Å². The van der Waals surface area contributed by atoms with Crippen molar-refractivity contribution < 1.29 is 9.53 Å². The molecule has 0 spiro atoms. The molecule has 3 atom stereocenters. The molecule has 3 aliphatic rings. The molecule has 1 aromatic carbocycles. The number of rotatable bonds is 4. The van der Waals surface area contributed by atoms with Crippen LogP contribution in [0.1, 0.15) is 18.4 Å². The lowest BCUT2D eigenvalue weighted by Crippen LogP contribution is -2.56. The van der Waals surface area contributed by atoms with E-state index in [1.54, 1.807) is 0 Å². The average Bonchev–Trinajstić information content (AvgIpc) is 2.94. The molecule has 0 aromatic heterocycles. The fourth-order valence-electron chi connectivity index (χ4n) is 4.21. The van der Waals surface area contributed by atoms with E-state index in [4.69, 9.17) is 4.74 Å². The van der Waals surface area contributed by atoms with Crippen LogP contribution >= 0.6 is 0 Å². The number of piperazine rings is 1. The van der Waals surface area contributed by atoms with Gasteiger partial charge in [0.1, 0.15) is 0 Å². The van der Waals surface area contributed by atoms with Gasteiger partial charge in [-0.2, -0.15) is 0 Å². The summed E-state index contributed by atoms with van der Waals surface area (Å²) in [5.41, 5.74) is 2.59. The number of amides is 1. The number of hydrogen-bond acceptors (Lipinski definition) is 4. The van der Waals surface area contributed by atoms with Gasteiger partial charge in [0.15, 0.2) is 0 Å². The lowest BCUT2D eigenvalue weighted by atomic mass is 9.76. The molecule has 4 rings (SSSR count). The van der Waals surface area contributed by atoms with Gasteiger partial charge < -0.3 is 15.0 Å². The maximum atomic E-state index is 12.3. The minimum atomic E-state index is 0.175. The SMILES string of the molecule is Cc1cccc(N2CCN(CC(=O)N[C@H]3C[C@@H]4OCC[C@H]34)CC2)c1. The Morgan fingerprint density at radius 2 is 2.12 bits per heavy atom. The number of ether oxygens (including phenoxy) is 1. The first kappa shape index (κ1) is 15.9. The third kappa shape index (κ3) is 3.28. The predicted molar refractivity (Wildman–Crippen MR) is 94.2 cm³/mol. The molecule has 0 radical (unpaired) electrons. The number of benzene rings is 1. The van der Waals surface area contributed by atoms with E-state index in [9.17, 15) is 4.79 Å². The molecule has 1 aliphatic carbocycles. The van der Waals surface area contributed by atoms with Crippen molar-refractivity contribution in [3.63, 3.8) is 0 Å². The largest absolute Gasteiger partial charge is 0.378 e. The first-order chi connectivity index (χ1) is 11.7. The summed E-state index contributed by atoms with van der Waals surface area (Å²) < 4.78 is 5.61. The van der Waals surface area contributed by atoms with Gasteiger partial charge >= 0.3 is 0 Å². The van der Waals surface area contributed by atoms with Gasteiger partial charge in [-0.1, -0.05) is 12.1 Å². The quantitative estimate of drug-likeness (QED) is 0.907. The van der Waals surface area contributed by atoms with Crippen LogP contribution in [0.5, 0.6) is 0 Å². The van der Waals surface area contributed by atoms with Crippen LogP contribution in [0.4, 0.5) is 5.69 Å². The smallest absolute Gasteiger partial charge is 0.234 e. The molecular weight excluding hydrogens is 302 g/mol. The lowest BCUT2D eigenvalue weighted by molar-refractivity contribution is -0.125. The third-order valence-electron chi connectivity index (χ3n) is 5.72. The minimum Gasteiger partial charge on any atom is -0.378 e. The highest BCUT2D eigenvalue weighted by Gasteiger charge is 2.45. The molecule has 5 nitrogen and oxygen atoms in total. The van der Waals surface area contributed by atoms with Gasteiger partial charge in [0.05, 0.1) is 12.6 Å². The Kier molecular flexibility index (Phi) is 4.46. The second-order valence-electron chi connectivity index (χ2n) is 7.37. The fourth-order valence-corrected chi connectivity index (χ4v) is 4.21. The van der Waals surface area contributed by atoms with Gasteiger partial charge in [0.25, 0.3) is 0 Å². The molecule has 130 valence electrons. The highest BCUT2D eigenvalue weighted by molar-refractivity contribution is 5.78. The summed E-state index contributed by atoms with van der Waals surface area (Å²) in [6, 6.07) is 9.00. The summed E-state index contributed by atoms with van der Waals surface area (Å²) in [6.07, 6.45) is 2.51. The van der Waals surface area contributed by atoms with Crippen LogP contribution in [0.25, 0.3) is 0 Å². The van der Waals surface area contributed by atoms with E-state index >= 15 is 0 Å². The molecule has 2 heterocycles. The van der Waals surface area contributed by atoms with Crippen molar-refractivity contribution in [3.8, 4) is 0 Å². The Morgan fingerprint density at radius 3 is 2.88 bits per heavy atom. The van der Waals surface area contributed by atoms with Crippen LogP contribution < -0.4 is 10.2 Å². The summed E-state index contributed by atoms with van der Waals surface area (Å²) in [5.74, 6) is 0.737. The summed E-state index contributed by atoms with van der Waals surface area (Å²) in [5, 5.41) is 3.21. The van der Waals surface area contributed by atoms with Crippen LogP contribution in [-0.2, 0) is 9.53 Å². The van der Waals surface area contributed by atoms with Crippen molar-refractivity contribution in [1.29, 1.82) is 0 Å². The van der Waals surface area contributed by atoms with Crippen molar-refractivity contribution in [3.05, 3.63) is 29.8 Å². The second kappa shape index (κ2) is 6.73. The van der Waals surface area contributed by atoms with Gasteiger partial charge in [0.2, 0.25) is 5.91 Å². The normalized spacial score (nSPS) is 29.9. The van der Waals surface area contributed by atoms with Gasteiger partial charge in [-0.15, -0.1) is 0 Å². The summed E-state index contributed by atoms with van der Waals surface area (Å²) in [4.78, 5) is 17.0. The lowest BCUT2D eigenvalue weighted by Gasteiger charge is -2.40. The zero-order valence-corrected chi connectivity index (χ0v) is 14.4. The van der Waals surface area contributed by atoms with Crippen molar-refractivity contribution in [2.45, 2.75) is 31.9 Å². The fraction of sp³-hybridized carbons (Fsp3) is 0.632. The molecule has 5 heteroatoms. The van der Waals surface area contributed by atoms with Gasteiger partial charge in [-0.05, 0) is 37.5 Å². The summed E-state index contributed by atoms with van der Waals surface area (Å²) in [6.45, 7) is 7.38. The zero-order valence-electron chi connectivity index (χ0n) is 14.4. The number of nitrogens with one attached hydrogen (secondary N) is 1. The van der Waals surface area contributed by atoms with E-state index < -0.39 is 0 Å². The van der Waals surface area contributed by atoms with E-state index in [2.05, 4.69) is 46.3 Å². The van der Waals surface area contributed by atoms with Crippen LogP contribution in [-0.4, -0.2) is 62.3 Å². The van der Waals surface area contributed by atoms with Crippen LogP contribution in [0.3, 0.4) is 0 Å². The highest BCUT2D eigenvalue weighted by Crippen LogP contribution is 2.38. The van der Waals surface area contributed by atoms with E-state index in [-0.39, 0.29) is 5.91 Å². The highest BCUT2D eigenvalue weighted by atomic mass is 16.5. The number of nitrogens with zero attached hydrogens (tertiary/aromatic N) is 2. The maximum absolute atomic E-state index is 12.3. The minimum absolute atomic E-state index is 0.175. The Balaban J connectivity index is 1.22. The van der Waals surface area contributed by atoms with Crippen molar-refractivity contribution in [1.82, 2.24) is 10.2 Å². The monoisotopic (exact) mass is 329 g/mol. The number of hydrogen-bond donors (Lipinski definition) is 1. The number of fused-ring (bicyclic) bond motifs is 1. The summed E-state index contributed by atoms with van der Waals surface area (Å²) >= 11 is 0. The Labute approximate surface area is 144 Å². The van der Waals surface area contributed by atoms with Crippen LogP contribution in [0.2, 0.25) is 0 Å². The molecule has 1 aromatic rings. The number of aryl methyl sites for hydroxylation is 1. The molecule has 3 fully saturated rings. The number of carbonyl (C=O) groups excluding carboxylic acids is 1. The average molecular weight is 329 g/mol. The van der Waals surface area contributed by atoms with Crippen molar-refractivity contribution >= 4 is 11.6 Å². The summed E-state index contributed by atoms with van der Waals surface area (Å²) in [7, 11) is 0. The molecule has 0 bridgehead atoms.